The molecule has 0 saturated carbocycles. The van der Waals surface area contributed by atoms with Crippen molar-refractivity contribution in [3.05, 3.63) is 36.0 Å². The first-order valence-corrected chi connectivity index (χ1v) is 4.50. The van der Waals surface area contributed by atoms with Crippen molar-refractivity contribution < 1.29 is 9.21 Å². The first-order chi connectivity index (χ1) is 7.18. The fourth-order valence-corrected chi connectivity index (χ4v) is 1.42. The molecule has 0 radical (unpaired) electrons. The molecule has 1 aromatic carbocycles. The number of hydrogen-bond donors (Lipinski definition) is 1. The van der Waals surface area contributed by atoms with Crippen LogP contribution in [0.5, 0.6) is 0 Å². The number of carbonyl (C=O) groups is 1. The van der Waals surface area contributed by atoms with Gasteiger partial charge in [-0.05, 0) is 6.92 Å². The molecule has 0 fully saturated rings. The van der Waals surface area contributed by atoms with E-state index >= 15 is 0 Å². The summed E-state index contributed by atoms with van der Waals surface area (Å²) in [4.78, 5) is 15.1. The second-order valence-electron chi connectivity index (χ2n) is 3.16. The molecule has 0 aliphatic heterocycles. The van der Waals surface area contributed by atoms with Gasteiger partial charge in [0.15, 0.2) is 11.5 Å². The largest absolute Gasteiger partial charge is 0.424 e. The number of Topliss-reactive ketones (excluding diaryl/α,β-unsaturated/α-hetero) is 1. The average molecular weight is 202 g/mol. The Morgan fingerprint density at radius 1 is 1.40 bits per heavy atom. The molecule has 0 amide bonds. The fourth-order valence-electron chi connectivity index (χ4n) is 1.42. The van der Waals surface area contributed by atoms with Crippen LogP contribution < -0.4 is 5.73 Å². The van der Waals surface area contributed by atoms with E-state index < -0.39 is 0 Å². The van der Waals surface area contributed by atoms with Gasteiger partial charge in [0.1, 0.15) is 0 Å². The van der Waals surface area contributed by atoms with Crippen molar-refractivity contribution in [2.24, 2.45) is 0 Å². The van der Waals surface area contributed by atoms with E-state index in [1.54, 1.807) is 18.2 Å². The molecule has 4 heteroatoms. The number of nitrogens with zero attached hydrogens (tertiary/aromatic N) is 1. The van der Waals surface area contributed by atoms with Crippen LogP contribution in [0.2, 0.25) is 0 Å². The van der Waals surface area contributed by atoms with E-state index in [0.29, 0.717) is 16.9 Å². The number of carbonyl (C=O) groups excluding carboxylic acids is 1. The quantitative estimate of drug-likeness (QED) is 0.757. The summed E-state index contributed by atoms with van der Waals surface area (Å²) >= 11 is 0. The SMILES string of the molecule is CC(=O)c1ccccc1-c1cnc(N)o1. The Morgan fingerprint density at radius 2 is 2.13 bits per heavy atom. The van der Waals surface area contributed by atoms with E-state index in [2.05, 4.69) is 4.98 Å². The van der Waals surface area contributed by atoms with Crippen molar-refractivity contribution >= 4 is 11.8 Å². The maximum Gasteiger partial charge on any atom is 0.292 e. The Kier molecular flexibility index (Phi) is 2.25. The van der Waals surface area contributed by atoms with Crippen LogP contribution >= 0.6 is 0 Å². The lowest BCUT2D eigenvalue weighted by Crippen LogP contribution is -1.94. The summed E-state index contributed by atoms with van der Waals surface area (Å²) in [6.45, 7) is 1.51. The highest BCUT2D eigenvalue weighted by Gasteiger charge is 2.11. The van der Waals surface area contributed by atoms with E-state index in [-0.39, 0.29) is 11.8 Å². The summed E-state index contributed by atoms with van der Waals surface area (Å²) in [7, 11) is 0. The van der Waals surface area contributed by atoms with E-state index in [9.17, 15) is 4.79 Å². The van der Waals surface area contributed by atoms with Crippen LogP contribution in [-0.2, 0) is 0 Å². The number of nitrogens with two attached hydrogens (primary N) is 1. The number of nitrogen functional groups attached to an aromatic ring is 1. The molecule has 0 unspecified atom stereocenters. The third-order valence-corrected chi connectivity index (χ3v) is 2.10. The molecule has 0 spiro atoms. The minimum Gasteiger partial charge on any atom is -0.424 e. The molecule has 76 valence electrons. The van der Waals surface area contributed by atoms with Crippen LogP contribution in [0.25, 0.3) is 11.3 Å². The third kappa shape index (κ3) is 1.74. The molecule has 15 heavy (non-hydrogen) atoms. The summed E-state index contributed by atoms with van der Waals surface area (Å²) in [6, 6.07) is 7.29. The second-order valence-corrected chi connectivity index (χ2v) is 3.16. The lowest BCUT2D eigenvalue weighted by Gasteiger charge is -2.01. The normalized spacial score (nSPS) is 10.2. The Balaban J connectivity index is 2.57. The van der Waals surface area contributed by atoms with Crippen LogP contribution in [0.3, 0.4) is 0 Å². The first kappa shape index (κ1) is 9.45. The van der Waals surface area contributed by atoms with E-state index in [0.717, 1.165) is 0 Å². The lowest BCUT2D eigenvalue weighted by molar-refractivity contribution is 0.101. The molecule has 1 heterocycles. The van der Waals surface area contributed by atoms with E-state index in [4.69, 9.17) is 10.2 Å². The van der Waals surface area contributed by atoms with Gasteiger partial charge in [0, 0.05) is 11.1 Å². The highest BCUT2D eigenvalue weighted by molar-refractivity contribution is 6.00. The summed E-state index contributed by atoms with van der Waals surface area (Å²) in [5.41, 5.74) is 6.70. The average Bonchev–Trinajstić information content (AvgIpc) is 2.65. The summed E-state index contributed by atoms with van der Waals surface area (Å²) in [5.74, 6) is 0.499. The molecule has 0 aliphatic rings. The first-order valence-electron chi connectivity index (χ1n) is 4.50. The molecule has 0 saturated heterocycles. The minimum atomic E-state index is -0.0134. The number of rotatable bonds is 2. The maximum absolute atomic E-state index is 11.4. The molecule has 0 bridgehead atoms. The van der Waals surface area contributed by atoms with Crippen molar-refractivity contribution in [2.75, 3.05) is 5.73 Å². The van der Waals surface area contributed by atoms with Gasteiger partial charge in [0.25, 0.3) is 6.01 Å². The summed E-state index contributed by atoms with van der Waals surface area (Å²) < 4.78 is 5.17. The molecule has 0 atom stereocenters. The highest BCUT2D eigenvalue weighted by atomic mass is 16.4. The van der Waals surface area contributed by atoms with Crippen molar-refractivity contribution in [3.63, 3.8) is 0 Å². The Hall–Kier alpha value is -2.10. The Labute approximate surface area is 86.7 Å². The molecular weight excluding hydrogens is 192 g/mol. The lowest BCUT2D eigenvalue weighted by atomic mass is 10.0. The molecule has 4 nitrogen and oxygen atoms in total. The van der Waals surface area contributed by atoms with Crippen LogP contribution in [-0.4, -0.2) is 10.8 Å². The van der Waals surface area contributed by atoms with Gasteiger partial charge < -0.3 is 10.2 Å². The Morgan fingerprint density at radius 3 is 2.73 bits per heavy atom. The van der Waals surface area contributed by atoms with Gasteiger partial charge in [0.2, 0.25) is 0 Å². The predicted molar refractivity (Wildman–Crippen MR) is 56.4 cm³/mol. The summed E-state index contributed by atoms with van der Waals surface area (Å²) in [6.07, 6.45) is 1.51. The van der Waals surface area contributed by atoms with Gasteiger partial charge in [0.05, 0.1) is 6.20 Å². The third-order valence-electron chi connectivity index (χ3n) is 2.10. The van der Waals surface area contributed by atoms with E-state index in [1.165, 1.54) is 13.1 Å². The number of hydrogen-bond acceptors (Lipinski definition) is 4. The van der Waals surface area contributed by atoms with Gasteiger partial charge in [-0.2, -0.15) is 0 Å². The van der Waals surface area contributed by atoms with Crippen LogP contribution in [0, 0.1) is 0 Å². The van der Waals surface area contributed by atoms with Crippen LogP contribution in [0.15, 0.2) is 34.9 Å². The van der Waals surface area contributed by atoms with Crippen molar-refractivity contribution in [3.8, 4) is 11.3 Å². The minimum absolute atomic E-state index is 0.0134. The predicted octanol–water partition coefficient (Wildman–Crippen LogP) is 2.13. The van der Waals surface area contributed by atoms with Crippen molar-refractivity contribution in [2.45, 2.75) is 6.92 Å². The molecule has 2 aromatic rings. The highest BCUT2D eigenvalue weighted by Crippen LogP contribution is 2.25. The summed E-state index contributed by atoms with van der Waals surface area (Å²) in [5, 5.41) is 0. The van der Waals surface area contributed by atoms with Gasteiger partial charge in [-0.3, -0.25) is 4.79 Å². The number of benzene rings is 1. The smallest absolute Gasteiger partial charge is 0.292 e. The van der Waals surface area contributed by atoms with E-state index in [1.807, 2.05) is 6.07 Å². The molecule has 0 aliphatic carbocycles. The van der Waals surface area contributed by atoms with Gasteiger partial charge in [-0.1, -0.05) is 24.3 Å². The number of aromatic nitrogens is 1. The number of oxazole rings is 1. The number of anilines is 1. The second kappa shape index (κ2) is 3.57. The van der Waals surface area contributed by atoms with Crippen molar-refractivity contribution in [1.82, 2.24) is 4.98 Å². The monoisotopic (exact) mass is 202 g/mol. The molecule has 2 rings (SSSR count). The standard InChI is InChI=1S/C11H10N2O2/c1-7(14)8-4-2-3-5-9(8)10-6-13-11(12)15-10/h2-6H,1H3,(H2,12,13). The zero-order valence-electron chi connectivity index (χ0n) is 8.23. The van der Waals surface area contributed by atoms with Gasteiger partial charge >= 0.3 is 0 Å². The van der Waals surface area contributed by atoms with Gasteiger partial charge in [-0.15, -0.1) is 0 Å². The number of ketones is 1. The molecule has 2 N–H and O–H groups in total. The van der Waals surface area contributed by atoms with Crippen molar-refractivity contribution in [1.29, 1.82) is 0 Å². The molecular formula is C11H10N2O2. The van der Waals surface area contributed by atoms with Gasteiger partial charge in [-0.25, -0.2) is 4.98 Å². The maximum atomic E-state index is 11.4. The topological polar surface area (TPSA) is 69.1 Å². The molecule has 1 aromatic heterocycles. The fraction of sp³-hybridized carbons (Fsp3) is 0.0909. The zero-order chi connectivity index (χ0) is 10.8. The van der Waals surface area contributed by atoms with Crippen LogP contribution in [0.1, 0.15) is 17.3 Å². The Bertz CT molecular complexity index is 503. The van der Waals surface area contributed by atoms with Crippen LogP contribution in [0.4, 0.5) is 6.01 Å². The zero-order valence-corrected chi connectivity index (χ0v) is 8.23.